The summed E-state index contributed by atoms with van der Waals surface area (Å²) in [5, 5.41) is 10.9. The van der Waals surface area contributed by atoms with Crippen LogP contribution in [0.4, 0.5) is 11.4 Å². The van der Waals surface area contributed by atoms with Crippen LogP contribution in [0.1, 0.15) is 34.2 Å². The maximum atomic E-state index is 12.4. The highest BCUT2D eigenvalue weighted by Gasteiger charge is 2.14. The maximum Gasteiger partial charge on any atom is 0.257 e. The zero-order valence-electron chi connectivity index (χ0n) is 11.9. The van der Waals surface area contributed by atoms with Crippen LogP contribution in [-0.2, 0) is 6.42 Å². The van der Waals surface area contributed by atoms with Gasteiger partial charge in [-0.15, -0.1) is 0 Å². The van der Waals surface area contributed by atoms with Gasteiger partial charge in [0, 0.05) is 11.4 Å². The summed E-state index contributed by atoms with van der Waals surface area (Å²) < 4.78 is 0. The summed E-state index contributed by atoms with van der Waals surface area (Å²) in [6, 6.07) is 7.19. The molecular weight excluding hydrogens is 252 g/mol. The quantitative estimate of drug-likeness (QED) is 0.840. The highest BCUT2D eigenvalue weighted by atomic mass is 16.1. The zero-order chi connectivity index (χ0) is 14.7. The number of amides is 1. The lowest BCUT2D eigenvalue weighted by molar-refractivity contribution is 0.102. The molecule has 0 spiro atoms. The molecule has 0 atom stereocenters. The van der Waals surface area contributed by atoms with Crippen LogP contribution in [0.3, 0.4) is 0 Å². The highest BCUT2D eigenvalue weighted by molar-refractivity contribution is 6.05. The minimum absolute atomic E-state index is 0.187. The topological polar surface area (TPSA) is 80.9 Å². The van der Waals surface area contributed by atoms with Crippen molar-refractivity contribution in [2.45, 2.75) is 27.2 Å². The van der Waals surface area contributed by atoms with Gasteiger partial charge < -0.3 is 11.1 Å². The third-order valence-electron chi connectivity index (χ3n) is 3.08. The summed E-state index contributed by atoms with van der Waals surface area (Å²) in [6.07, 6.45) is 0.659. The van der Waals surface area contributed by atoms with Crippen LogP contribution in [0.15, 0.2) is 24.3 Å². The molecule has 1 aromatic carbocycles. The van der Waals surface area contributed by atoms with Crippen LogP contribution in [-0.4, -0.2) is 16.1 Å². The molecule has 0 saturated heterocycles. The van der Waals surface area contributed by atoms with Gasteiger partial charge in [0.25, 0.3) is 5.91 Å². The summed E-state index contributed by atoms with van der Waals surface area (Å²) >= 11 is 0. The molecule has 0 aliphatic carbocycles. The fourth-order valence-corrected chi connectivity index (χ4v) is 1.94. The number of nitrogens with one attached hydrogen (secondary N) is 1. The van der Waals surface area contributed by atoms with Gasteiger partial charge in [0.1, 0.15) is 0 Å². The van der Waals surface area contributed by atoms with Crippen LogP contribution in [0, 0.1) is 13.8 Å². The fraction of sp³-hybridized carbons (Fsp3) is 0.267. The number of hydrogen-bond donors (Lipinski definition) is 2. The van der Waals surface area contributed by atoms with Crippen molar-refractivity contribution in [2.75, 3.05) is 11.1 Å². The van der Waals surface area contributed by atoms with Crippen LogP contribution >= 0.6 is 0 Å². The van der Waals surface area contributed by atoms with Crippen molar-refractivity contribution in [3.63, 3.8) is 0 Å². The number of benzene rings is 1. The molecule has 104 valence electrons. The first-order chi connectivity index (χ1) is 9.51. The molecule has 0 radical (unpaired) electrons. The summed E-state index contributed by atoms with van der Waals surface area (Å²) in [6.45, 7) is 5.68. The van der Waals surface area contributed by atoms with E-state index in [2.05, 4.69) is 15.5 Å². The Morgan fingerprint density at radius 3 is 2.70 bits per heavy atom. The molecule has 1 heterocycles. The number of nitrogens with two attached hydrogens (primary N) is 1. The number of aromatic nitrogens is 2. The smallest absolute Gasteiger partial charge is 0.257 e. The van der Waals surface area contributed by atoms with Crippen molar-refractivity contribution in [2.24, 2.45) is 0 Å². The zero-order valence-corrected chi connectivity index (χ0v) is 11.9. The molecule has 0 unspecified atom stereocenters. The summed E-state index contributed by atoms with van der Waals surface area (Å²) in [5.74, 6) is -0.187. The lowest BCUT2D eigenvalue weighted by Gasteiger charge is -2.11. The van der Waals surface area contributed by atoms with E-state index in [0.29, 0.717) is 29.1 Å². The number of carbonyl (C=O) groups is 1. The molecule has 20 heavy (non-hydrogen) atoms. The van der Waals surface area contributed by atoms with Gasteiger partial charge in [-0.25, -0.2) is 0 Å². The van der Waals surface area contributed by atoms with Crippen LogP contribution in [0.25, 0.3) is 0 Å². The van der Waals surface area contributed by atoms with Crippen molar-refractivity contribution in [3.8, 4) is 0 Å². The minimum atomic E-state index is -0.187. The van der Waals surface area contributed by atoms with E-state index < -0.39 is 0 Å². The van der Waals surface area contributed by atoms with E-state index in [9.17, 15) is 4.79 Å². The van der Waals surface area contributed by atoms with E-state index in [1.807, 2.05) is 26.8 Å². The first-order valence-electron chi connectivity index (χ1n) is 6.52. The monoisotopic (exact) mass is 270 g/mol. The minimum Gasteiger partial charge on any atom is -0.399 e. The summed E-state index contributed by atoms with van der Waals surface area (Å²) in [7, 11) is 0. The van der Waals surface area contributed by atoms with Gasteiger partial charge in [-0.1, -0.05) is 13.0 Å². The molecule has 5 nitrogen and oxygen atoms in total. The third-order valence-corrected chi connectivity index (χ3v) is 3.08. The number of carbonyl (C=O) groups excluding carboxylic acids is 1. The average molecular weight is 270 g/mol. The Labute approximate surface area is 118 Å². The Hall–Kier alpha value is -2.43. The second kappa shape index (κ2) is 5.69. The van der Waals surface area contributed by atoms with Gasteiger partial charge in [-0.3, -0.25) is 4.79 Å². The van der Waals surface area contributed by atoms with E-state index in [4.69, 9.17) is 5.73 Å². The van der Waals surface area contributed by atoms with Crippen molar-refractivity contribution in [1.29, 1.82) is 0 Å². The van der Waals surface area contributed by atoms with Gasteiger partial charge in [-0.2, -0.15) is 10.2 Å². The summed E-state index contributed by atoms with van der Waals surface area (Å²) in [5.41, 5.74) is 10.0. The van der Waals surface area contributed by atoms with E-state index in [0.717, 1.165) is 11.3 Å². The standard InChI is InChI=1S/C15H18N4O/c1-4-13-12(7-10(3)18-19-13)15(20)17-14-8-11(16)6-5-9(14)2/h5-8H,4,16H2,1-3H3,(H,17,20). The second-order valence-electron chi connectivity index (χ2n) is 4.73. The van der Waals surface area contributed by atoms with Gasteiger partial charge in [0.05, 0.1) is 17.0 Å². The molecule has 2 rings (SSSR count). The molecule has 0 bridgehead atoms. The largest absolute Gasteiger partial charge is 0.399 e. The SMILES string of the molecule is CCc1nnc(C)cc1C(=O)Nc1cc(N)ccc1C. The Bertz CT molecular complexity index is 652. The number of nitrogen functional groups attached to an aromatic ring is 1. The van der Waals surface area contributed by atoms with Gasteiger partial charge >= 0.3 is 0 Å². The number of rotatable bonds is 3. The van der Waals surface area contributed by atoms with E-state index in [-0.39, 0.29) is 5.91 Å². The molecule has 3 N–H and O–H groups in total. The van der Waals surface area contributed by atoms with E-state index in [1.54, 1.807) is 18.2 Å². The Kier molecular flexibility index (Phi) is 3.98. The van der Waals surface area contributed by atoms with E-state index in [1.165, 1.54) is 0 Å². The first kappa shape index (κ1) is 14.0. The highest BCUT2D eigenvalue weighted by Crippen LogP contribution is 2.19. The van der Waals surface area contributed by atoms with Crippen molar-refractivity contribution in [1.82, 2.24) is 10.2 Å². The molecule has 0 fully saturated rings. The molecule has 0 aliphatic rings. The number of aryl methyl sites for hydroxylation is 3. The lowest BCUT2D eigenvalue weighted by atomic mass is 10.1. The number of anilines is 2. The Morgan fingerprint density at radius 1 is 1.25 bits per heavy atom. The molecule has 0 aliphatic heterocycles. The molecular formula is C15H18N4O. The maximum absolute atomic E-state index is 12.4. The van der Waals surface area contributed by atoms with Crippen molar-refractivity contribution in [3.05, 3.63) is 46.8 Å². The molecule has 5 heteroatoms. The third kappa shape index (κ3) is 2.93. The van der Waals surface area contributed by atoms with Gasteiger partial charge in [0.2, 0.25) is 0 Å². The van der Waals surface area contributed by atoms with E-state index >= 15 is 0 Å². The summed E-state index contributed by atoms with van der Waals surface area (Å²) in [4.78, 5) is 12.4. The number of hydrogen-bond acceptors (Lipinski definition) is 4. The lowest BCUT2D eigenvalue weighted by Crippen LogP contribution is -2.17. The molecule has 1 amide bonds. The molecule has 0 saturated carbocycles. The molecule has 2 aromatic rings. The van der Waals surface area contributed by atoms with Crippen LogP contribution < -0.4 is 11.1 Å². The molecule has 1 aromatic heterocycles. The first-order valence-corrected chi connectivity index (χ1v) is 6.52. The average Bonchev–Trinajstić information content (AvgIpc) is 2.42. The van der Waals surface area contributed by atoms with Gasteiger partial charge in [0.15, 0.2) is 0 Å². The predicted molar refractivity (Wildman–Crippen MR) is 79.7 cm³/mol. The van der Waals surface area contributed by atoms with Crippen molar-refractivity contribution < 1.29 is 4.79 Å². The number of nitrogens with zero attached hydrogens (tertiary/aromatic N) is 2. The Balaban J connectivity index is 2.32. The normalized spacial score (nSPS) is 10.3. The predicted octanol–water partition coefficient (Wildman–Crippen LogP) is 2.49. The van der Waals surface area contributed by atoms with Crippen molar-refractivity contribution >= 4 is 17.3 Å². The van der Waals surface area contributed by atoms with Gasteiger partial charge in [-0.05, 0) is 44.0 Å². The second-order valence-corrected chi connectivity index (χ2v) is 4.73. The van der Waals surface area contributed by atoms with Crippen LogP contribution in [0.2, 0.25) is 0 Å². The van der Waals surface area contributed by atoms with Crippen LogP contribution in [0.5, 0.6) is 0 Å². The Morgan fingerprint density at radius 2 is 2.00 bits per heavy atom. The fourth-order valence-electron chi connectivity index (χ4n) is 1.94.